The predicted octanol–water partition coefficient (Wildman–Crippen LogP) is 5.80. The molecule has 1 aromatic heterocycles. The van der Waals surface area contributed by atoms with Gasteiger partial charge in [-0.15, -0.1) is 0 Å². The van der Waals surface area contributed by atoms with Crippen molar-refractivity contribution in [1.29, 1.82) is 0 Å². The molecule has 6 heteroatoms. The molecule has 0 fully saturated rings. The third kappa shape index (κ3) is 2.98. The first kappa shape index (κ1) is 17.3. The highest BCUT2D eigenvalue weighted by Gasteiger charge is 2.25. The van der Waals surface area contributed by atoms with E-state index >= 15 is 0 Å². The fourth-order valence-corrected chi connectivity index (χ4v) is 4.14. The van der Waals surface area contributed by atoms with E-state index in [0.717, 1.165) is 16.0 Å². The van der Waals surface area contributed by atoms with Crippen LogP contribution < -0.4 is 0 Å². The summed E-state index contributed by atoms with van der Waals surface area (Å²) in [6.07, 6.45) is 1.74. The summed E-state index contributed by atoms with van der Waals surface area (Å²) in [5.41, 5.74) is 3.02. The average molecular weight is 377 g/mol. The van der Waals surface area contributed by atoms with Gasteiger partial charge in [-0.25, -0.2) is 0 Å². The maximum absolute atomic E-state index is 12.5. The Bertz CT molecular complexity index is 1130. The number of carbonyl (C=O) groups is 1. The molecule has 0 radical (unpaired) electrons. The molecule has 3 aromatic rings. The number of nitrogens with zero attached hydrogens (tertiary/aromatic N) is 1. The molecule has 0 saturated carbocycles. The van der Waals surface area contributed by atoms with Crippen LogP contribution in [0, 0.1) is 24.0 Å². The van der Waals surface area contributed by atoms with Crippen LogP contribution in [-0.4, -0.2) is 10.7 Å². The Balaban J connectivity index is 1.67. The van der Waals surface area contributed by atoms with Gasteiger partial charge in [0, 0.05) is 27.7 Å². The molecule has 0 N–H and O–H groups in total. The highest BCUT2D eigenvalue weighted by molar-refractivity contribution is 8.04. The van der Waals surface area contributed by atoms with Crippen LogP contribution in [0.2, 0.25) is 0 Å². The van der Waals surface area contributed by atoms with E-state index in [9.17, 15) is 14.9 Å². The molecule has 1 aliphatic rings. The van der Waals surface area contributed by atoms with E-state index in [1.165, 1.54) is 17.8 Å². The van der Waals surface area contributed by atoms with Gasteiger partial charge < -0.3 is 4.42 Å². The quantitative estimate of drug-likeness (QED) is 0.327. The Labute approximate surface area is 159 Å². The van der Waals surface area contributed by atoms with Crippen molar-refractivity contribution in [2.45, 2.75) is 18.7 Å². The minimum absolute atomic E-state index is 0.00379. The number of nitro groups is 1. The SMILES string of the molecule is Cc1c(-c2ccc(C=C3Sc4ccccc4C3=O)o2)ccc([N+](=O)[O-])c1C. The minimum Gasteiger partial charge on any atom is -0.457 e. The first-order valence-electron chi connectivity index (χ1n) is 8.34. The van der Waals surface area contributed by atoms with E-state index in [0.29, 0.717) is 27.6 Å². The van der Waals surface area contributed by atoms with Gasteiger partial charge in [0.1, 0.15) is 11.5 Å². The van der Waals surface area contributed by atoms with Crippen LogP contribution in [0.15, 0.2) is 62.7 Å². The van der Waals surface area contributed by atoms with Gasteiger partial charge in [0.2, 0.25) is 5.78 Å². The lowest BCUT2D eigenvalue weighted by atomic mass is 10.00. The Morgan fingerprint density at radius 3 is 2.52 bits per heavy atom. The topological polar surface area (TPSA) is 73.3 Å². The Kier molecular flexibility index (Phi) is 4.20. The maximum Gasteiger partial charge on any atom is 0.272 e. The Hall–Kier alpha value is -3.12. The molecule has 0 bridgehead atoms. The summed E-state index contributed by atoms with van der Waals surface area (Å²) in [7, 11) is 0. The van der Waals surface area contributed by atoms with Gasteiger partial charge >= 0.3 is 0 Å². The summed E-state index contributed by atoms with van der Waals surface area (Å²) >= 11 is 1.43. The lowest BCUT2D eigenvalue weighted by Gasteiger charge is -2.06. The number of hydrogen-bond acceptors (Lipinski definition) is 5. The third-order valence-electron chi connectivity index (χ3n) is 4.70. The molecule has 0 saturated heterocycles. The zero-order valence-corrected chi connectivity index (χ0v) is 15.5. The molecule has 5 nitrogen and oxygen atoms in total. The lowest BCUT2D eigenvalue weighted by Crippen LogP contribution is -1.95. The molecule has 27 heavy (non-hydrogen) atoms. The van der Waals surface area contributed by atoms with Crippen molar-refractivity contribution in [3.05, 3.63) is 86.0 Å². The van der Waals surface area contributed by atoms with Crippen LogP contribution >= 0.6 is 11.8 Å². The van der Waals surface area contributed by atoms with E-state index in [-0.39, 0.29) is 16.4 Å². The Morgan fingerprint density at radius 2 is 1.78 bits per heavy atom. The van der Waals surface area contributed by atoms with Gasteiger partial charge in [0.25, 0.3) is 5.69 Å². The van der Waals surface area contributed by atoms with Crippen molar-refractivity contribution < 1.29 is 14.1 Å². The molecule has 2 heterocycles. The van der Waals surface area contributed by atoms with Crippen molar-refractivity contribution in [2.24, 2.45) is 0 Å². The molecule has 0 unspecified atom stereocenters. The minimum atomic E-state index is -0.384. The van der Waals surface area contributed by atoms with Crippen LogP contribution in [-0.2, 0) is 0 Å². The number of thioether (sulfide) groups is 1. The van der Waals surface area contributed by atoms with E-state index in [1.54, 1.807) is 25.1 Å². The van der Waals surface area contributed by atoms with Crippen molar-refractivity contribution in [1.82, 2.24) is 0 Å². The molecule has 0 spiro atoms. The third-order valence-corrected chi connectivity index (χ3v) is 5.80. The standard InChI is InChI=1S/C21H15NO4S/c1-12-13(2)17(22(24)25)9-8-15(12)18-10-7-14(26-18)11-20-21(23)16-5-3-4-6-19(16)27-20/h3-11H,1-2H3. The van der Waals surface area contributed by atoms with Gasteiger partial charge in [0.15, 0.2) is 0 Å². The molecular formula is C21H15NO4S. The van der Waals surface area contributed by atoms with Crippen molar-refractivity contribution in [3.63, 3.8) is 0 Å². The molecule has 1 aliphatic heterocycles. The number of fused-ring (bicyclic) bond motifs is 1. The van der Waals surface area contributed by atoms with E-state index in [2.05, 4.69) is 0 Å². The molecule has 2 aromatic carbocycles. The summed E-state index contributed by atoms with van der Waals surface area (Å²) in [5.74, 6) is 1.19. The first-order valence-corrected chi connectivity index (χ1v) is 9.15. The average Bonchev–Trinajstić information content (AvgIpc) is 3.23. The number of rotatable bonds is 3. The zero-order chi connectivity index (χ0) is 19.1. The number of carbonyl (C=O) groups excluding carboxylic acids is 1. The van der Waals surface area contributed by atoms with Gasteiger partial charge in [-0.2, -0.15) is 0 Å². The van der Waals surface area contributed by atoms with Crippen LogP contribution in [0.4, 0.5) is 5.69 Å². The summed E-state index contributed by atoms with van der Waals surface area (Å²) in [5, 5.41) is 11.1. The second-order valence-electron chi connectivity index (χ2n) is 6.28. The number of hydrogen-bond donors (Lipinski definition) is 0. The summed E-state index contributed by atoms with van der Waals surface area (Å²) in [6, 6.07) is 14.3. The number of allylic oxidation sites excluding steroid dienone is 1. The highest BCUT2D eigenvalue weighted by Crippen LogP contribution is 2.41. The zero-order valence-electron chi connectivity index (χ0n) is 14.7. The highest BCUT2D eigenvalue weighted by atomic mass is 32.2. The fourth-order valence-electron chi connectivity index (χ4n) is 3.11. The second-order valence-corrected chi connectivity index (χ2v) is 7.36. The lowest BCUT2D eigenvalue weighted by molar-refractivity contribution is -0.385. The van der Waals surface area contributed by atoms with Crippen LogP contribution in [0.3, 0.4) is 0 Å². The monoisotopic (exact) mass is 377 g/mol. The van der Waals surface area contributed by atoms with Crippen LogP contribution in [0.1, 0.15) is 27.2 Å². The summed E-state index contributed by atoms with van der Waals surface area (Å²) < 4.78 is 5.90. The molecule has 0 atom stereocenters. The van der Waals surface area contributed by atoms with Crippen molar-refractivity contribution >= 4 is 29.3 Å². The van der Waals surface area contributed by atoms with Gasteiger partial charge in [-0.1, -0.05) is 23.9 Å². The van der Waals surface area contributed by atoms with Crippen LogP contribution in [0.5, 0.6) is 0 Å². The van der Waals surface area contributed by atoms with Gasteiger partial charge in [-0.3, -0.25) is 14.9 Å². The molecule has 134 valence electrons. The van der Waals surface area contributed by atoms with Crippen LogP contribution in [0.25, 0.3) is 17.4 Å². The van der Waals surface area contributed by atoms with Gasteiger partial charge in [-0.05, 0) is 55.8 Å². The van der Waals surface area contributed by atoms with Gasteiger partial charge in [0.05, 0.1) is 9.83 Å². The summed E-state index contributed by atoms with van der Waals surface area (Å²) in [6.45, 7) is 3.57. The summed E-state index contributed by atoms with van der Waals surface area (Å²) in [4.78, 5) is 24.7. The predicted molar refractivity (Wildman–Crippen MR) is 105 cm³/mol. The molecule has 0 amide bonds. The largest absolute Gasteiger partial charge is 0.457 e. The number of benzene rings is 2. The molecular weight excluding hydrogens is 362 g/mol. The number of Topliss-reactive ketones (excluding diaryl/α,β-unsaturated/α-hetero) is 1. The Morgan fingerprint density at radius 1 is 1.00 bits per heavy atom. The number of furan rings is 1. The van der Waals surface area contributed by atoms with Crippen molar-refractivity contribution in [3.8, 4) is 11.3 Å². The maximum atomic E-state index is 12.5. The first-order chi connectivity index (χ1) is 13.0. The smallest absolute Gasteiger partial charge is 0.272 e. The number of ketones is 1. The van der Waals surface area contributed by atoms with Crippen molar-refractivity contribution in [2.75, 3.05) is 0 Å². The fraction of sp³-hybridized carbons (Fsp3) is 0.0952. The van der Waals surface area contributed by atoms with E-state index in [4.69, 9.17) is 4.42 Å². The number of nitro benzene ring substituents is 1. The second kappa shape index (κ2) is 6.55. The molecule has 0 aliphatic carbocycles. The normalized spacial score (nSPS) is 14.6. The van der Waals surface area contributed by atoms with E-state index in [1.807, 2.05) is 37.3 Å². The van der Waals surface area contributed by atoms with E-state index < -0.39 is 0 Å². The molecule has 4 rings (SSSR count).